The number of carboxylic acids is 1. The van der Waals surface area contributed by atoms with Gasteiger partial charge in [-0.25, -0.2) is 4.98 Å². The van der Waals surface area contributed by atoms with Gasteiger partial charge in [0.05, 0.1) is 19.3 Å². The van der Waals surface area contributed by atoms with Gasteiger partial charge in [0.25, 0.3) is 5.56 Å². The van der Waals surface area contributed by atoms with Crippen molar-refractivity contribution in [1.82, 2.24) is 9.97 Å². The molecule has 0 radical (unpaired) electrons. The van der Waals surface area contributed by atoms with Gasteiger partial charge in [0, 0.05) is 12.5 Å². The highest BCUT2D eigenvalue weighted by Gasteiger charge is 2.46. The van der Waals surface area contributed by atoms with Crippen LogP contribution in [0.15, 0.2) is 10.9 Å². The van der Waals surface area contributed by atoms with Gasteiger partial charge in [-0.15, -0.1) is 0 Å². The molecule has 0 spiro atoms. The van der Waals surface area contributed by atoms with Crippen molar-refractivity contribution >= 4 is 11.8 Å². The Balaban J connectivity index is 2.23. The van der Waals surface area contributed by atoms with Gasteiger partial charge in [0.15, 0.2) is 0 Å². The second-order valence-corrected chi connectivity index (χ2v) is 4.87. The van der Waals surface area contributed by atoms with Gasteiger partial charge in [-0.3, -0.25) is 9.59 Å². The number of H-pyrrole nitrogens is 1. The minimum Gasteiger partial charge on any atom is -0.481 e. The molecule has 1 aromatic rings. The molecule has 0 bridgehead atoms. The fraction of sp³-hybridized carbons (Fsp3) is 0.583. The Bertz CT molecular complexity index is 542. The molecule has 1 aliphatic heterocycles. The number of hydrogen-bond donors (Lipinski definition) is 3. The number of carbonyl (C=O) groups is 1. The molecule has 0 saturated carbocycles. The fourth-order valence-corrected chi connectivity index (χ4v) is 2.01. The van der Waals surface area contributed by atoms with Crippen molar-refractivity contribution in [3.8, 4) is 0 Å². The predicted molar refractivity (Wildman–Crippen MR) is 68.2 cm³/mol. The molecule has 3 N–H and O–H groups in total. The molecule has 7 nitrogen and oxygen atoms in total. The van der Waals surface area contributed by atoms with Crippen molar-refractivity contribution in [2.24, 2.45) is 5.41 Å². The van der Waals surface area contributed by atoms with Crippen molar-refractivity contribution in [1.29, 1.82) is 0 Å². The van der Waals surface area contributed by atoms with Gasteiger partial charge in [0.2, 0.25) is 0 Å². The normalized spacial score (nSPS) is 26.3. The highest BCUT2D eigenvalue weighted by atomic mass is 16.5. The third kappa shape index (κ3) is 2.60. The second kappa shape index (κ2) is 5.00. The third-order valence-corrected chi connectivity index (χ3v) is 3.39. The first-order valence-corrected chi connectivity index (χ1v) is 6.13. The number of ether oxygens (including phenoxy) is 1. The maximum Gasteiger partial charge on any atom is 0.313 e. The highest BCUT2D eigenvalue weighted by molar-refractivity contribution is 5.76. The minimum absolute atomic E-state index is 0.143. The van der Waals surface area contributed by atoms with Crippen LogP contribution < -0.4 is 10.9 Å². The molecular formula is C12H17N3O4. The summed E-state index contributed by atoms with van der Waals surface area (Å²) in [5, 5.41) is 12.3. The van der Waals surface area contributed by atoms with Gasteiger partial charge in [-0.2, -0.15) is 0 Å². The molecule has 2 heterocycles. The van der Waals surface area contributed by atoms with Crippen molar-refractivity contribution < 1.29 is 14.6 Å². The maximum absolute atomic E-state index is 11.5. The molecule has 0 aliphatic carbocycles. The molecule has 104 valence electrons. The summed E-state index contributed by atoms with van der Waals surface area (Å²) in [6, 6.07) is 0.906. The van der Waals surface area contributed by atoms with Crippen LogP contribution >= 0.6 is 0 Å². The average Bonchev–Trinajstić information content (AvgIpc) is 2.71. The van der Waals surface area contributed by atoms with Gasteiger partial charge >= 0.3 is 5.97 Å². The Labute approximate surface area is 110 Å². The summed E-state index contributed by atoms with van der Waals surface area (Å²) in [6.07, 6.45) is 0.599. The number of aromatic amines is 1. The van der Waals surface area contributed by atoms with Crippen LogP contribution in [0, 0.1) is 5.41 Å². The van der Waals surface area contributed by atoms with Crippen LogP contribution in [0.5, 0.6) is 0 Å². The number of aliphatic carboxylic acids is 1. The zero-order valence-electron chi connectivity index (χ0n) is 10.9. The zero-order valence-corrected chi connectivity index (χ0v) is 10.9. The lowest BCUT2D eigenvalue weighted by atomic mass is 9.85. The Morgan fingerprint density at radius 2 is 2.47 bits per heavy atom. The van der Waals surface area contributed by atoms with E-state index in [4.69, 9.17) is 4.74 Å². The average molecular weight is 267 g/mol. The summed E-state index contributed by atoms with van der Waals surface area (Å²) < 4.78 is 5.24. The number of aromatic nitrogens is 2. The lowest BCUT2D eigenvalue weighted by Crippen LogP contribution is -2.43. The summed E-state index contributed by atoms with van der Waals surface area (Å²) >= 11 is 0. The molecule has 7 heteroatoms. The van der Waals surface area contributed by atoms with E-state index in [1.807, 2.05) is 6.92 Å². The monoisotopic (exact) mass is 267 g/mol. The molecule has 1 saturated heterocycles. The molecule has 2 atom stereocenters. The second-order valence-electron chi connectivity index (χ2n) is 4.87. The van der Waals surface area contributed by atoms with E-state index in [9.17, 15) is 14.7 Å². The number of rotatable bonds is 4. The summed E-state index contributed by atoms with van der Waals surface area (Å²) in [7, 11) is 0. The van der Waals surface area contributed by atoms with Gasteiger partial charge in [0.1, 0.15) is 17.1 Å². The van der Waals surface area contributed by atoms with E-state index in [-0.39, 0.29) is 18.8 Å². The Morgan fingerprint density at radius 1 is 1.74 bits per heavy atom. The van der Waals surface area contributed by atoms with Crippen LogP contribution in [0.1, 0.15) is 19.7 Å². The van der Waals surface area contributed by atoms with E-state index < -0.39 is 17.4 Å². The van der Waals surface area contributed by atoms with E-state index in [0.717, 1.165) is 0 Å². The number of nitrogens with one attached hydrogen (secondary N) is 2. The molecule has 2 unspecified atom stereocenters. The van der Waals surface area contributed by atoms with Crippen LogP contribution in [0.4, 0.5) is 5.82 Å². The van der Waals surface area contributed by atoms with Crippen LogP contribution in [0.25, 0.3) is 0 Å². The van der Waals surface area contributed by atoms with E-state index in [0.29, 0.717) is 18.1 Å². The van der Waals surface area contributed by atoms with Crippen LogP contribution in [-0.4, -0.2) is 40.3 Å². The molecular weight excluding hydrogens is 250 g/mol. The highest BCUT2D eigenvalue weighted by Crippen LogP contribution is 2.30. The SMILES string of the molecule is CCc1nc(NC2COCC2(C)C(=O)O)cc(=O)[nH]1. The van der Waals surface area contributed by atoms with E-state index in [1.54, 1.807) is 6.92 Å². The van der Waals surface area contributed by atoms with Gasteiger partial charge in [-0.05, 0) is 6.92 Å². The molecule has 0 amide bonds. The summed E-state index contributed by atoms with van der Waals surface area (Å²) in [4.78, 5) is 29.6. The first kappa shape index (κ1) is 13.5. The molecule has 19 heavy (non-hydrogen) atoms. The molecule has 0 aromatic carbocycles. The first-order chi connectivity index (χ1) is 8.95. The summed E-state index contributed by atoms with van der Waals surface area (Å²) in [5.74, 6) is 0.0116. The molecule has 1 aliphatic rings. The first-order valence-electron chi connectivity index (χ1n) is 6.13. The number of aryl methyl sites for hydroxylation is 1. The number of hydrogen-bond acceptors (Lipinski definition) is 5. The number of anilines is 1. The van der Waals surface area contributed by atoms with E-state index in [1.165, 1.54) is 6.07 Å². The number of nitrogens with zero attached hydrogens (tertiary/aromatic N) is 1. The standard InChI is InChI=1S/C12H17N3O4/c1-3-8-14-9(4-10(16)15-8)13-7-5-19-6-12(7,2)11(17)18/h4,7H,3,5-6H2,1-2H3,(H,17,18)(H2,13,14,15,16). The fourth-order valence-electron chi connectivity index (χ4n) is 2.01. The smallest absolute Gasteiger partial charge is 0.313 e. The zero-order chi connectivity index (χ0) is 14.0. The topological polar surface area (TPSA) is 104 Å². The van der Waals surface area contributed by atoms with Crippen molar-refractivity contribution in [2.75, 3.05) is 18.5 Å². The Kier molecular flexibility index (Phi) is 3.57. The Morgan fingerprint density at radius 3 is 3.11 bits per heavy atom. The quantitative estimate of drug-likeness (QED) is 0.721. The lowest BCUT2D eigenvalue weighted by Gasteiger charge is -2.25. The number of carboxylic acid groups (broad SMARTS) is 1. The van der Waals surface area contributed by atoms with E-state index >= 15 is 0 Å². The minimum atomic E-state index is -1.02. The molecule has 1 fully saturated rings. The molecule has 1 aromatic heterocycles. The summed E-state index contributed by atoms with van der Waals surface area (Å²) in [6.45, 7) is 3.92. The lowest BCUT2D eigenvalue weighted by molar-refractivity contribution is -0.148. The van der Waals surface area contributed by atoms with Crippen molar-refractivity contribution in [3.05, 3.63) is 22.2 Å². The van der Waals surface area contributed by atoms with Crippen LogP contribution in [0.2, 0.25) is 0 Å². The third-order valence-electron chi connectivity index (χ3n) is 3.39. The van der Waals surface area contributed by atoms with Crippen molar-refractivity contribution in [3.63, 3.8) is 0 Å². The summed E-state index contributed by atoms with van der Waals surface area (Å²) in [5.41, 5.74) is -1.28. The maximum atomic E-state index is 11.5. The van der Waals surface area contributed by atoms with Crippen molar-refractivity contribution in [2.45, 2.75) is 26.3 Å². The van der Waals surface area contributed by atoms with Gasteiger partial charge < -0.3 is 20.1 Å². The van der Waals surface area contributed by atoms with Gasteiger partial charge in [-0.1, -0.05) is 6.92 Å². The van der Waals surface area contributed by atoms with Crippen LogP contribution in [0.3, 0.4) is 0 Å². The van der Waals surface area contributed by atoms with Crippen LogP contribution in [-0.2, 0) is 16.0 Å². The largest absolute Gasteiger partial charge is 0.481 e. The molecule has 2 rings (SSSR count). The van der Waals surface area contributed by atoms with E-state index in [2.05, 4.69) is 15.3 Å². The predicted octanol–water partition coefficient (Wildman–Crippen LogP) is 0.234. The Hall–Kier alpha value is -1.89.